The molecule has 0 aliphatic rings. The van der Waals surface area contributed by atoms with E-state index in [0.29, 0.717) is 17.9 Å². The molecule has 0 spiro atoms. The van der Waals surface area contributed by atoms with Gasteiger partial charge in [0.1, 0.15) is 12.4 Å². The second kappa shape index (κ2) is 8.58. The van der Waals surface area contributed by atoms with Crippen molar-refractivity contribution in [1.29, 1.82) is 0 Å². The first-order chi connectivity index (χ1) is 11.2. The summed E-state index contributed by atoms with van der Waals surface area (Å²) in [7, 11) is 1.32. The Labute approximate surface area is 135 Å². The van der Waals surface area contributed by atoms with Gasteiger partial charge in [-0.3, -0.25) is 9.59 Å². The minimum absolute atomic E-state index is 0.153. The van der Waals surface area contributed by atoms with Crippen LogP contribution in [-0.4, -0.2) is 25.5 Å². The van der Waals surface area contributed by atoms with E-state index in [1.54, 1.807) is 24.3 Å². The molecule has 1 amide bonds. The molecular formula is C18H19NO4. The van der Waals surface area contributed by atoms with Gasteiger partial charge in [-0.2, -0.15) is 0 Å². The zero-order valence-corrected chi connectivity index (χ0v) is 13.0. The van der Waals surface area contributed by atoms with Gasteiger partial charge in [0.05, 0.1) is 13.5 Å². The average molecular weight is 313 g/mol. The Morgan fingerprint density at radius 1 is 1.00 bits per heavy atom. The van der Waals surface area contributed by atoms with Crippen LogP contribution in [0.3, 0.4) is 0 Å². The van der Waals surface area contributed by atoms with Crippen molar-refractivity contribution in [2.45, 2.75) is 13.0 Å². The number of nitrogens with one attached hydrogen (secondary N) is 1. The maximum atomic E-state index is 11.9. The van der Waals surface area contributed by atoms with E-state index in [4.69, 9.17) is 4.74 Å². The molecule has 23 heavy (non-hydrogen) atoms. The van der Waals surface area contributed by atoms with Gasteiger partial charge in [0.2, 0.25) is 0 Å². The lowest BCUT2D eigenvalue weighted by Gasteiger charge is -2.08. The summed E-state index contributed by atoms with van der Waals surface area (Å²) < 4.78 is 10.2. The molecular weight excluding hydrogens is 294 g/mol. The lowest BCUT2D eigenvalue weighted by molar-refractivity contribution is -0.140. The molecule has 2 aromatic rings. The fraction of sp³-hybridized carbons (Fsp3) is 0.222. The molecule has 0 fully saturated rings. The number of carbonyl (C=O) groups is 2. The van der Waals surface area contributed by atoms with Crippen molar-refractivity contribution in [3.8, 4) is 5.75 Å². The largest absolute Gasteiger partial charge is 0.489 e. The Hall–Kier alpha value is -2.82. The van der Waals surface area contributed by atoms with Gasteiger partial charge in [-0.05, 0) is 29.8 Å². The van der Waals surface area contributed by atoms with Crippen LogP contribution in [0.2, 0.25) is 0 Å². The molecule has 0 atom stereocenters. The van der Waals surface area contributed by atoms with E-state index in [1.807, 2.05) is 30.3 Å². The van der Waals surface area contributed by atoms with Crippen molar-refractivity contribution in [3.05, 3.63) is 65.7 Å². The van der Waals surface area contributed by atoms with Gasteiger partial charge < -0.3 is 14.8 Å². The van der Waals surface area contributed by atoms with E-state index in [-0.39, 0.29) is 24.8 Å². The normalized spacial score (nSPS) is 9.96. The molecule has 0 saturated heterocycles. The molecule has 0 bridgehead atoms. The Kier molecular flexibility index (Phi) is 6.17. The van der Waals surface area contributed by atoms with Gasteiger partial charge >= 0.3 is 5.97 Å². The van der Waals surface area contributed by atoms with Crippen molar-refractivity contribution in [1.82, 2.24) is 5.32 Å². The third-order valence-electron chi connectivity index (χ3n) is 3.21. The smallest absolute Gasteiger partial charge is 0.307 e. The zero-order chi connectivity index (χ0) is 16.5. The van der Waals surface area contributed by atoms with E-state index in [9.17, 15) is 9.59 Å². The van der Waals surface area contributed by atoms with Crippen molar-refractivity contribution in [2.24, 2.45) is 0 Å². The van der Waals surface area contributed by atoms with Crippen LogP contribution in [0.15, 0.2) is 54.6 Å². The molecule has 0 radical (unpaired) electrons. The Morgan fingerprint density at radius 3 is 2.35 bits per heavy atom. The number of rotatable bonds is 7. The summed E-state index contributed by atoms with van der Waals surface area (Å²) in [6.07, 6.45) is 0.153. The molecule has 1 N–H and O–H groups in total. The number of hydrogen-bond donors (Lipinski definition) is 1. The first-order valence-corrected chi connectivity index (χ1v) is 7.31. The van der Waals surface area contributed by atoms with Crippen molar-refractivity contribution in [3.63, 3.8) is 0 Å². The molecule has 5 nitrogen and oxygen atoms in total. The fourth-order valence-corrected chi connectivity index (χ4v) is 1.93. The molecule has 0 saturated carbocycles. The van der Waals surface area contributed by atoms with Crippen molar-refractivity contribution in [2.75, 3.05) is 13.7 Å². The zero-order valence-electron chi connectivity index (χ0n) is 13.0. The molecule has 120 valence electrons. The van der Waals surface area contributed by atoms with E-state index < -0.39 is 0 Å². The first-order valence-electron chi connectivity index (χ1n) is 7.31. The Morgan fingerprint density at radius 2 is 1.70 bits per heavy atom. The Bertz CT molecular complexity index is 638. The van der Waals surface area contributed by atoms with Gasteiger partial charge in [-0.15, -0.1) is 0 Å². The summed E-state index contributed by atoms with van der Waals surface area (Å²) in [5.41, 5.74) is 1.60. The number of amides is 1. The van der Waals surface area contributed by atoms with Gasteiger partial charge in [-0.1, -0.05) is 30.3 Å². The van der Waals surface area contributed by atoms with Crippen LogP contribution in [-0.2, 0) is 16.1 Å². The van der Waals surface area contributed by atoms with E-state index in [2.05, 4.69) is 10.1 Å². The predicted molar refractivity (Wildman–Crippen MR) is 86.2 cm³/mol. The summed E-state index contributed by atoms with van der Waals surface area (Å²) in [4.78, 5) is 22.9. The van der Waals surface area contributed by atoms with Crippen LogP contribution in [0.4, 0.5) is 0 Å². The molecule has 2 aromatic carbocycles. The highest BCUT2D eigenvalue weighted by Crippen LogP contribution is 2.14. The van der Waals surface area contributed by atoms with E-state index in [0.717, 1.165) is 5.56 Å². The van der Waals surface area contributed by atoms with E-state index in [1.165, 1.54) is 7.11 Å². The minimum Gasteiger partial charge on any atom is -0.489 e. The molecule has 0 aromatic heterocycles. The number of esters is 1. The summed E-state index contributed by atoms with van der Waals surface area (Å²) in [5.74, 6) is 0.110. The van der Waals surface area contributed by atoms with Gasteiger partial charge in [-0.25, -0.2) is 0 Å². The summed E-state index contributed by atoms with van der Waals surface area (Å²) in [6, 6.07) is 16.7. The maximum absolute atomic E-state index is 11.9. The highest BCUT2D eigenvalue weighted by molar-refractivity contribution is 5.94. The van der Waals surface area contributed by atoms with Crippen molar-refractivity contribution < 1.29 is 19.1 Å². The number of ether oxygens (including phenoxy) is 2. The van der Waals surface area contributed by atoms with Crippen LogP contribution in [0, 0.1) is 0 Å². The molecule has 0 aliphatic carbocycles. The number of methoxy groups -OCH3 is 1. The third-order valence-corrected chi connectivity index (χ3v) is 3.21. The summed E-state index contributed by atoms with van der Waals surface area (Å²) in [5, 5.41) is 2.66. The average Bonchev–Trinajstić information content (AvgIpc) is 2.61. The maximum Gasteiger partial charge on any atom is 0.307 e. The van der Waals surface area contributed by atoms with Gasteiger partial charge in [0.15, 0.2) is 0 Å². The molecule has 2 rings (SSSR count). The van der Waals surface area contributed by atoms with E-state index >= 15 is 0 Å². The number of carbonyl (C=O) groups excluding carboxylic acids is 2. The van der Waals surface area contributed by atoms with Crippen LogP contribution in [0.25, 0.3) is 0 Å². The van der Waals surface area contributed by atoms with Gasteiger partial charge in [0.25, 0.3) is 5.91 Å². The lowest BCUT2D eigenvalue weighted by atomic mass is 10.2. The standard InChI is InChI=1S/C18H19NO4/c1-22-17(20)11-12-19-18(21)15-7-9-16(10-8-15)23-13-14-5-3-2-4-6-14/h2-10H,11-13H2,1H3,(H,19,21). The third kappa shape index (κ3) is 5.47. The van der Waals surface area contributed by atoms with Crippen LogP contribution in [0.1, 0.15) is 22.3 Å². The number of hydrogen-bond acceptors (Lipinski definition) is 4. The number of benzene rings is 2. The van der Waals surface area contributed by atoms with Crippen molar-refractivity contribution >= 4 is 11.9 Å². The minimum atomic E-state index is -0.352. The molecule has 5 heteroatoms. The Balaban J connectivity index is 1.81. The SMILES string of the molecule is COC(=O)CCNC(=O)c1ccc(OCc2ccccc2)cc1. The molecule has 0 unspecified atom stereocenters. The first kappa shape index (κ1) is 16.5. The van der Waals surface area contributed by atoms with Gasteiger partial charge in [0, 0.05) is 12.1 Å². The highest BCUT2D eigenvalue weighted by Gasteiger charge is 2.07. The second-order valence-electron chi connectivity index (χ2n) is 4.88. The quantitative estimate of drug-likeness (QED) is 0.798. The van der Waals surface area contributed by atoms with Crippen LogP contribution < -0.4 is 10.1 Å². The molecule has 0 heterocycles. The lowest BCUT2D eigenvalue weighted by Crippen LogP contribution is -2.26. The van der Waals surface area contributed by atoms with Crippen LogP contribution in [0.5, 0.6) is 5.75 Å². The second-order valence-corrected chi connectivity index (χ2v) is 4.88. The highest BCUT2D eigenvalue weighted by atomic mass is 16.5. The summed E-state index contributed by atoms with van der Waals surface area (Å²) >= 11 is 0. The fourth-order valence-electron chi connectivity index (χ4n) is 1.93. The molecule has 0 aliphatic heterocycles. The summed E-state index contributed by atoms with van der Waals surface area (Å²) in [6.45, 7) is 0.725. The monoisotopic (exact) mass is 313 g/mol. The topological polar surface area (TPSA) is 64.6 Å². The predicted octanol–water partition coefficient (Wildman–Crippen LogP) is 2.56. The van der Waals surface area contributed by atoms with Crippen LogP contribution >= 0.6 is 0 Å².